The third kappa shape index (κ3) is 3.25. The Hall–Kier alpha value is -0.0400. The summed E-state index contributed by atoms with van der Waals surface area (Å²) >= 11 is 0. The van der Waals surface area contributed by atoms with Crippen LogP contribution in [0.25, 0.3) is 0 Å². The van der Waals surface area contributed by atoms with Gasteiger partial charge in [-0.2, -0.15) is 0 Å². The van der Waals surface area contributed by atoms with Crippen LogP contribution in [0, 0.1) is 62.6 Å². The molecule has 0 radical (unpaired) electrons. The third-order valence-electron chi connectivity index (χ3n) is 14.3. The van der Waals surface area contributed by atoms with Crippen molar-refractivity contribution >= 4 is 0 Å². The summed E-state index contributed by atoms with van der Waals surface area (Å²) in [5, 5.41) is 9.40. The molecular formula is C32H56O. The molecule has 0 aromatic carbocycles. The molecule has 190 valence electrons. The van der Waals surface area contributed by atoms with Gasteiger partial charge < -0.3 is 5.11 Å². The second-order valence-electron chi connectivity index (χ2n) is 15.7. The van der Waals surface area contributed by atoms with E-state index >= 15 is 0 Å². The molecule has 0 amide bonds. The first-order valence-corrected chi connectivity index (χ1v) is 15.0. The molecule has 0 bridgehead atoms. The fourth-order valence-corrected chi connectivity index (χ4v) is 12.6. The summed E-state index contributed by atoms with van der Waals surface area (Å²) in [5.41, 5.74) is 2.72. The summed E-state index contributed by atoms with van der Waals surface area (Å²) in [6.45, 7) is 19.2. The maximum atomic E-state index is 9.40. The molecule has 10 atom stereocenters. The van der Waals surface area contributed by atoms with Gasteiger partial charge in [0.1, 0.15) is 0 Å². The minimum absolute atomic E-state index is 0.371. The Kier molecular flexibility index (Phi) is 5.96. The van der Waals surface area contributed by atoms with Crippen molar-refractivity contribution in [3.05, 3.63) is 0 Å². The third-order valence-corrected chi connectivity index (χ3v) is 14.3. The van der Waals surface area contributed by atoms with Crippen LogP contribution in [0.4, 0.5) is 0 Å². The van der Waals surface area contributed by atoms with Gasteiger partial charge in [0.05, 0.1) is 0 Å². The molecule has 0 heterocycles. The average molecular weight is 457 g/mol. The number of hydrogen-bond donors (Lipinski definition) is 1. The van der Waals surface area contributed by atoms with E-state index in [-0.39, 0.29) is 0 Å². The maximum Gasteiger partial charge on any atom is 0.0431 e. The lowest BCUT2D eigenvalue weighted by Crippen LogP contribution is -2.65. The molecule has 33 heavy (non-hydrogen) atoms. The highest BCUT2D eigenvalue weighted by atomic mass is 16.2. The van der Waals surface area contributed by atoms with Gasteiger partial charge in [0.25, 0.3) is 0 Å². The van der Waals surface area contributed by atoms with Crippen molar-refractivity contribution < 1.29 is 5.11 Å². The predicted molar refractivity (Wildman–Crippen MR) is 140 cm³/mol. The van der Waals surface area contributed by atoms with Gasteiger partial charge in [0.2, 0.25) is 0 Å². The van der Waals surface area contributed by atoms with Gasteiger partial charge in [-0.15, -0.1) is 0 Å². The second-order valence-corrected chi connectivity index (χ2v) is 15.7. The fraction of sp³-hybridized carbons (Fsp3) is 1.00. The maximum absolute atomic E-state index is 9.40. The minimum Gasteiger partial charge on any atom is -0.396 e. The molecule has 0 aliphatic heterocycles. The zero-order chi connectivity index (χ0) is 23.9. The van der Waals surface area contributed by atoms with E-state index in [2.05, 4.69) is 48.5 Å². The van der Waals surface area contributed by atoms with Crippen LogP contribution >= 0.6 is 0 Å². The second kappa shape index (κ2) is 7.98. The summed E-state index contributed by atoms with van der Waals surface area (Å²) in [7, 11) is 0. The Bertz CT molecular complexity index is 741. The monoisotopic (exact) mass is 456 g/mol. The number of aliphatic hydroxyl groups is 1. The van der Waals surface area contributed by atoms with Crippen LogP contribution in [0.3, 0.4) is 0 Å². The molecule has 5 saturated carbocycles. The summed E-state index contributed by atoms with van der Waals surface area (Å²) in [5.74, 6) is 5.43. The van der Waals surface area contributed by atoms with Crippen LogP contribution in [0.1, 0.15) is 132 Å². The van der Waals surface area contributed by atoms with Crippen molar-refractivity contribution in [1.82, 2.24) is 0 Å². The van der Waals surface area contributed by atoms with E-state index in [1.165, 1.54) is 77.0 Å². The largest absolute Gasteiger partial charge is 0.396 e. The van der Waals surface area contributed by atoms with Crippen LogP contribution in [0.5, 0.6) is 0 Å². The smallest absolute Gasteiger partial charge is 0.0431 e. The van der Waals surface area contributed by atoms with E-state index in [1.807, 2.05) is 0 Å². The standard InChI is InChI=1S/C32H56O/c1-22(10-8-21-33)23-13-18-29(4)24(23)14-19-31(6)26(29)11-12-27-30(5)17-9-16-28(2,3)25(30)15-20-32(27,31)7/h22-27,33H,8-21H2,1-7H3. The molecule has 0 saturated heterocycles. The highest BCUT2D eigenvalue weighted by Crippen LogP contribution is 2.78. The molecule has 5 rings (SSSR count). The van der Waals surface area contributed by atoms with Gasteiger partial charge in [0.15, 0.2) is 0 Å². The first-order valence-electron chi connectivity index (χ1n) is 15.0. The fourth-order valence-electron chi connectivity index (χ4n) is 12.6. The molecule has 0 aromatic rings. The normalized spacial score (nSPS) is 54.0. The first kappa shape index (κ1) is 24.6. The molecule has 5 aliphatic carbocycles. The van der Waals surface area contributed by atoms with Crippen molar-refractivity contribution in [2.45, 2.75) is 132 Å². The summed E-state index contributed by atoms with van der Waals surface area (Å²) in [6, 6.07) is 0. The van der Waals surface area contributed by atoms with Crippen molar-refractivity contribution in [1.29, 1.82) is 0 Å². The van der Waals surface area contributed by atoms with Crippen molar-refractivity contribution in [2.75, 3.05) is 6.61 Å². The highest BCUT2D eigenvalue weighted by Gasteiger charge is 2.70. The number of aliphatic hydroxyl groups excluding tert-OH is 1. The molecule has 1 N–H and O–H groups in total. The Balaban J connectivity index is 1.45. The van der Waals surface area contributed by atoms with Gasteiger partial charge in [-0.3, -0.25) is 0 Å². The lowest BCUT2D eigenvalue weighted by molar-refractivity contribution is -0.241. The molecule has 10 unspecified atom stereocenters. The summed E-state index contributed by atoms with van der Waals surface area (Å²) < 4.78 is 0. The summed E-state index contributed by atoms with van der Waals surface area (Å²) in [6.07, 6.45) is 18.5. The molecule has 5 fully saturated rings. The van der Waals surface area contributed by atoms with Crippen molar-refractivity contribution in [2.24, 2.45) is 62.6 Å². The van der Waals surface area contributed by atoms with Crippen molar-refractivity contribution in [3.63, 3.8) is 0 Å². The van der Waals surface area contributed by atoms with Gasteiger partial charge in [-0.1, -0.05) is 54.9 Å². The SMILES string of the molecule is CC(CCCO)C1CCC2(C)C1CCC1(C)C2CCC2C3(C)CCCC(C)(C)C3CCC21C. The van der Waals surface area contributed by atoms with E-state index in [0.29, 0.717) is 33.7 Å². The Labute approximate surface area is 206 Å². The van der Waals surface area contributed by atoms with Crippen molar-refractivity contribution in [3.8, 4) is 0 Å². The quantitative estimate of drug-likeness (QED) is 0.448. The van der Waals surface area contributed by atoms with Crippen LogP contribution in [0.2, 0.25) is 0 Å². The molecular weight excluding hydrogens is 400 g/mol. The molecule has 5 aliphatic rings. The van der Waals surface area contributed by atoms with E-state index in [9.17, 15) is 5.11 Å². The summed E-state index contributed by atoms with van der Waals surface area (Å²) in [4.78, 5) is 0. The molecule has 0 spiro atoms. The van der Waals surface area contributed by atoms with Crippen LogP contribution in [0.15, 0.2) is 0 Å². The highest BCUT2D eigenvalue weighted by molar-refractivity contribution is 5.19. The Morgan fingerprint density at radius 1 is 0.697 bits per heavy atom. The van der Waals surface area contributed by atoms with Crippen LogP contribution in [-0.2, 0) is 0 Å². The van der Waals surface area contributed by atoms with E-state index in [1.54, 1.807) is 0 Å². The molecule has 1 nitrogen and oxygen atoms in total. The Morgan fingerprint density at radius 3 is 2.00 bits per heavy atom. The van der Waals surface area contributed by atoms with E-state index in [0.717, 1.165) is 41.9 Å². The van der Waals surface area contributed by atoms with E-state index < -0.39 is 0 Å². The zero-order valence-electron chi connectivity index (χ0n) is 23.3. The average Bonchev–Trinajstić information content (AvgIpc) is 3.09. The van der Waals surface area contributed by atoms with Gasteiger partial charge in [0, 0.05) is 6.61 Å². The lowest BCUT2D eigenvalue weighted by Gasteiger charge is -2.73. The Morgan fingerprint density at radius 2 is 1.33 bits per heavy atom. The number of rotatable bonds is 4. The van der Waals surface area contributed by atoms with Gasteiger partial charge >= 0.3 is 0 Å². The minimum atomic E-state index is 0.371. The predicted octanol–water partition coefficient (Wildman–Crippen LogP) is 8.89. The van der Waals surface area contributed by atoms with Crippen LogP contribution in [-0.4, -0.2) is 11.7 Å². The number of hydrogen-bond acceptors (Lipinski definition) is 1. The topological polar surface area (TPSA) is 20.2 Å². The lowest BCUT2D eigenvalue weighted by atomic mass is 9.32. The molecule has 0 aromatic heterocycles. The van der Waals surface area contributed by atoms with Gasteiger partial charge in [-0.05, 0) is 140 Å². The first-order chi connectivity index (χ1) is 15.4. The van der Waals surface area contributed by atoms with Crippen LogP contribution < -0.4 is 0 Å². The van der Waals surface area contributed by atoms with Gasteiger partial charge in [-0.25, -0.2) is 0 Å². The molecule has 1 heteroatoms. The number of fused-ring (bicyclic) bond motifs is 7. The van der Waals surface area contributed by atoms with E-state index in [4.69, 9.17) is 0 Å². The zero-order valence-corrected chi connectivity index (χ0v) is 23.3.